The maximum Gasteiger partial charge on any atom is 0.470 e. The van der Waals surface area contributed by atoms with E-state index >= 15 is 0 Å². The molecule has 0 unspecified atom stereocenters. The van der Waals surface area contributed by atoms with Crippen LogP contribution >= 0.6 is 11.6 Å². The van der Waals surface area contributed by atoms with Crippen LogP contribution in [-0.2, 0) is 36.9 Å². The maximum absolute atomic E-state index is 12.3. The Morgan fingerprint density at radius 3 is 2.30 bits per heavy atom. The Balaban J connectivity index is 2.80. The summed E-state index contributed by atoms with van der Waals surface area (Å²) in [5.41, 5.74) is 1.44. The zero-order valence-corrected chi connectivity index (χ0v) is 15.6. The number of carbonyl (C=O) groups excluding carboxylic acids is 1. The van der Waals surface area contributed by atoms with Crippen molar-refractivity contribution < 1.29 is 17.4 Å². The number of hydrogen-bond donors (Lipinski definition) is 0. The van der Waals surface area contributed by atoms with Crippen molar-refractivity contribution in [3.8, 4) is 0 Å². The maximum atomic E-state index is 12.3. The predicted octanol–water partition coefficient (Wildman–Crippen LogP) is 3.62. The molecule has 0 heterocycles. The van der Waals surface area contributed by atoms with E-state index in [1.807, 2.05) is 6.92 Å². The minimum Gasteiger partial charge on any atom is -0.276 e. The molecule has 1 fully saturated rings. The second-order valence-corrected chi connectivity index (χ2v) is 9.32. The number of benzene rings is 1. The Bertz CT molecular complexity index is 735. The average molecular weight is 376 g/mol. The summed E-state index contributed by atoms with van der Waals surface area (Å²) in [6.07, 6.45) is 5.81. The van der Waals surface area contributed by atoms with Crippen LogP contribution in [0.4, 0.5) is 0 Å². The van der Waals surface area contributed by atoms with Crippen molar-refractivity contribution in [2.45, 2.75) is 55.1 Å². The van der Waals surface area contributed by atoms with Gasteiger partial charge in [-0.1, -0.05) is 13.3 Å². The van der Waals surface area contributed by atoms with Crippen LogP contribution in [0.15, 0.2) is 17.0 Å². The molecule has 0 spiro atoms. The smallest absolute Gasteiger partial charge is 0.276 e. The van der Waals surface area contributed by atoms with Crippen molar-refractivity contribution in [3.05, 3.63) is 28.8 Å². The molecule has 1 aliphatic carbocycles. The Morgan fingerprint density at radius 1 is 1.26 bits per heavy atom. The van der Waals surface area contributed by atoms with E-state index in [0.29, 0.717) is 42.1 Å². The number of sulfone groups is 1. The molecule has 0 amide bonds. The van der Waals surface area contributed by atoms with Gasteiger partial charge in [0.15, 0.2) is 9.84 Å². The highest BCUT2D eigenvalue weighted by Gasteiger charge is 2.50. The second-order valence-electron chi connectivity index (χ2n) is 6.04. The van der Waals surface area contributed by atoms with Crippen LogP contribution in [0.5, 0.6) is 0 Å². The third kappa shape index (κ3) is 3.64. The molecule has 126 valence electrons. The van der Waals surface area contributed by atoms with Crippen molar-refractivity contribution in [2.75, 3.05) is 6.26 Å². The first-order valence-corrected chi connectivity index (χ1v) is 10.6. The molecule has 1 saturated carbocycles. The highest BCUT2D eigenvalue weighted by Crippen LogP contribution is 2.43. The molecule has 0 radical (unpaired) electrons. The monoisotopic (exact) mass is 375 g/mol. The van der Waals surface area contributed by atoms with E-state index in [2.05, 4.69) is 0 Å². The van der Waals surface area contributed by atoms with Crippen LogP contribution < -0.4 is 0 Å². The lowest BCUT2D eigenvalue weighted by molar-refractivity contribution is 0.108. The Hall–Kier alpha value is -0.850. The van der Waals surface area contributed by atoms with Gasteiger partial charge in [-0.05, 0) is 48.6 Å². The van der Waals surface area contributed by atoms with E-state index in [1.54, 1.807) is 6.07 Å². The highest BCUT2D eigenvalue weighted by molar-refractivity contribution is 7.90. The lowest BCUT2D eigenvalue weighted by atomic mass is 9.81. The number of hydrogen-bond acceptors (Lipinski definition) is 4. The molecule has 2 rings (SSSR count). The predicted molar refractivity (Wildman–Crippen MR) is 91.9 cm³/mol. The van der Waals surface area contributed by atoms with E-state index in [0.717, 1.165) is 25.5 Å². The van der Waals surface area contributed by atoms with Crippen LogP contribution in [0.2, 0.25) is 0 Å². The number of halogens is 1. The molecule has 0 N–H and O–H groups in total. The van der Waals surface area contributed by atoms with Gasteiger partial charge in [-0.15, -0.1) is 0 Å². The van der Waals surface area contributed by atoms with Gasteiger partial charge in [0.1, 0.15) is 0 Å². The van der Waals surface area contributed by atoms with Gasteiger partial charge in [-0.2, -0.15) is 0 Å². The zero-order valence-electron chi connectivity index (χ0n) is 13.2. The molecule has 23 heavy (non-hydrogen) atoms. The van der Waals surface area contributed by atoms with Gasteiger partial charge in [0, 0.05) is 34.4 Å². The van der Waals surface area contributed by atoms with Gasteiger partial charge in [0.2, 0.25) is 0 Å². The SMILES string of the molecule is CCc1cc(C2([S+]=O)CCCCC2)c(S(C)(=O)=O)cc1C(=O)Cl. The van der Waals surface area contributed by atoms with Crippen LogP contribution in [0, 0.1) is 0 Å². The summed E-state index contributed by atoms with van der Waals surface area (Å²) >= 11 is 6.09. The van der Waals surface area contributed by atoms with Crippen molar-refractivity contribution in [1.29, 1.82) is 0 Å². The standard InChI is InChI=1S/C16H20ClO4S2/c1-3-11-9-13(16(22-19)7-5-4-6-8-16)14(23(2,20)21)10-12(11)15(17)18/h9-10H,3-8H2,1-2H3/q+1. The molecule has 1 aromatic carbocycles. The summed E-state index contributed by atoms with van der Waals surface area (Å²) < 4.78 is 35.7. The summed E-state index contributed by atoms with van der Waals surface area (Å²) in [5, 5.41) is -0.675. The van der Waals surface area contributed by atoms with Crippen LogP contribution in [0.25, 0.3) is 0 Å². The Labute approximate surface area is 146 Å². The molecular weight excluding hydrogens is 356 g/mol. The molecule has 0 saturated heterocycles. The third-order valence-corrected chi connectivity index (χ3v) is 6.80. The highest BCUT2D eigenvalue weighted by atomic mass is 35.5. The number of aryl methyl sites for hydroxylation is 1. The van der Waals surface area contributed by atoms with Gasteiger partial charge >= 0.3 is 11.7 Å². The molecule has 4 nitrogen and oxygen atoms in total. The molecule has 0 aromatic heterocycles. The van der Waals surface area contributed by atoms with Gasteiger partial charge < -0.3 is 0 Å². The molecule has 1 aromatic rings. The second kappa shape index (κ2) is 6.95. The van der Waals surface area contributed by atoms with E-state index < -0.39 is 19.8 Å². The largest absolute Gasteiger partial charge is 0.470 e. The van der Waals surface area contributed by atoms with Gasteiger partial charge in [0.25, 0.3) is 9.99 Å². The number of carbonyl (C=O) groups is 1. The van der Waals surface area contributed by atoms with Crippen molar-refractivity contribution in [3.63, 3.8) is 0 Å². The fraction of sp³-hybridized carbons (Fsp3) is 0.562. The van der Waals surface area contributed by atoms with E-state index in [1.165, 1.54) is 6.07 Å². The summed E-state index contributed by atoms with van der Waals surface area (Å²) in [4.78, 5) is 11.7. The Kier molecular flexibility index (Phi) is 5.59. The Morgan fingerprint density at radius 2 is 1.87 bits per heavy atom. The van der Waals surface area contributed by atoms with Gasteiger partial charge in [-0.25, -0.2) is 8.42 Å². The fourth-order valence-corrected chi connectivity index (χ4v) is 5.22. The van der Waals surface area contributed by atoms with Gasteiger partial charge in [0.05, 0.1) is 4.90 Å². The normalized spacial score (nSPS) is 17.7. The average Bonchev–Trinajstić information content (AvgIpc) is 2.53. The summed E-state index contributed by atoms with van der Waals surface area (Å²) in [6, 6.07) is 3.06. The van der Waals surface area contributed by atoms with Crippen molar-refractivity contribution in [1.82, 2.24) is 0 Å². The molecule has 1 aliphatic rings. The fourth-order valence-electron chi connectivity index (χ4n) is 3.28. The van der Waals surface area contributed by atoms with Crippen molar-refractivity contribution >= 4 is 38.3 Å². The number of rotatable bonds is 5. The molecule has 7 heteroatoms. The third-order valence-electron chi connectivity index (χ3n) is 4.51. The lowest BCUT2D eigenvalue weighted by Crippen LogP contribution is -2.30. The summed E-state index contributed by atoms with van der Waals surface area (Å²) in [7, 11) is -3.58. The molecule has 0 atom stereocenters. The van der Waals surface area contributed by atoms with E-state index in [9.17, 15) is 17.4 Å². The molecule has 0 bridgehead atoms. The van der Waals surface area contributed by atoms with Crippen LogP contribution in [0.1, 0.15) is 60.5 Å². The molecule has 0 aliphatic heterocycles. The van der Waals surface area contributed by atoms with Crippen molar-refractivity contribution in [2.24, 2.45) is 0 Å². The first-order valence-electron chi connectivity index (χ1n) is 7.63. The molecular formula is C16H20ClO4S2+. The van der Waals surface area contributed by atoms with Gasteiger partial charge in [-0.3, -0.25) is 4.79 Å². The first kappa shape index (κ1) is 18.5. The topological polar surface area (TPSA) is 68.3 Å². The first-order chi connectivity index (χ1) is 10.7. The zero-order chi connectivity index (χ0) is 17.3. The summed E-state index contributed by atoms with van der Waals surface area (Å²) in [6.45, 7) is 1.88. The van der Waals surface area contributed by atoms with Crippen LogP contribution in [-0.4, -0.2) is 19.9 Å². The quantitative estimate of drug-likeness (QED) is 0.582. The minimum atomic E-state index is -3.58. The lowest BCUT2D eigenvalue weighted by Gasteiger charge is -2.25. The summed E-state index contributed by atoms with van der Waals surface area (Å²) in [5.74, 6) is 0. The van der Waals surface area contributed by atoms with E-state index in [-0.39, 0.29) is 10.5 Å². The minimum absolute atomic E-state index is 0.0592. The van der Waals surface area contributed by atoms with Crippen LogP contribution in [0.3, 0.4) is 0 Å². The van der Waals surface area contributed by atoms with E-state index in [4.69, 9.17) is 11.6 Å².